The standard InChI is InChI=1S/C28H44N2O5S/c1-18(2)16-20(24(31)34-26(3,4)5)29-23(36)22-21(17-19-14-12-11-13-15-19)30(28(9,10)33-22)25(32)35-27(6,7)8/h11-15,18,20-22H,16-17H2,1-10H3,(H,29,36)/t20-,21+,22-/m0/s1. The van der Waals surface area contributed by atoms with E-state index in [1.165, 1.54) is 0 Å². The van der Waals surface area contributed by atoms with Crippen molar-refractivity contribution in [3.63, 3.8) is 0 Å². The normalized spacial score (nSPS) is 20.7. The van der Waals surface area contributed by atoms with Crippen LogP contribution in [-0.4, -0.2) is 57.1 Å². The highest BCUT2D eigenvalue weighted by Gasteiger charge is 2.53. The summed E-state index contributed by atoms with van der Waals surface area (Å²) in [5.41, 5.74) is -1.22. The number of hydrogen-bond acceptors (Lipinski definition) is 6. The van der Waals surface area contributed by atoms with Crippen LogP contribution < -0.4 is 5.32 Å². The second-order valence-electron chi connectivity index (χ2n) is 12.3. The summed E-state index contributed by atoms with van der Waals surface area (Å²) < 4.78 is 17.8. The van der Waals surface area contributed by atoms with Crippen molar-refractivity contribution >= 4 is 29.3 Å². The van der Waals surface area contributed by atoms with Gasteiger partial charge in [0.1, 0.15) is 34.1 Å². The molecule has 0 saturated carbocycles. The molecule has 1 amide bonds. The molecule has 7 nitrogen and oxygen atoms in total. The van der Waals surface area contributed by atoms with Crippen LogP contribution in [0.3, 0.4) is 0 Å². The Morgan fingerprint density at radius 3 is 2.11 bits per heavy atom. The molecule has 1 N–H and O–H groups in total. The second-order valence-corrected chi connectivity index (χ2v) is 12.8. The molecule has 0 spiro atoms. The summed E-state index contributed by atoms with van der Waals surface area (Å²) in [6.45, 7) is 18.8. The van der Waals surface area contributed by atoms with Gasteiger partial charge < -0.3 is 19.5 Å². The molecule has 2 rings (SSSR count). The molecule has 202 valence electrons. The largest absolute Gasteiger partial charge is 0.458 e. The van der Waals surface area contributed by atoms with Crippen LogP contribution >= 0.6 is 12.2 Å². The molecule has 1 saturated heterocycles. The van der Waals surface area contributed by atoms with Crippen molar-refractivity contribution in [2.45, 2.75) is 117 Å². The SMILES string of the molecule is CC(C)C[C@H](NC(=S)[C@H]1OC(C)(C)N(C(=O)OC(C)(C)C)[C@@H]1Cc1ccccc1)C(=O)OC(C)(C)C. The minimum Gasteiger partial charge on any atom is -0.458 e. The number of thiocarbonyl (C=S) groups is 1. The first-order chi connectivity index (χ1) is 16.4. The fourth-order valence-corrected chi connectivity index (χ4v) is 4.59. The lowest BCUT2D eigenvalue weighted by Crippen LogP contribution is -2.53. The van der Waals surface area contributed by atoms with Crippen LogP contribution in [-0.2, 0) is 25.4 Å². The van der Waals surface area contributed by atoms with Gasteiger partial charge in [-0.1, -0.05) is 56.4 Å². The zero-order valence-electron chi connectivity index (χ0n) is 23.5. The third kappa shape index (κ3) is 8.73. The van der Waals surface area contributed by atoms with Gasteiger partial charge in [0.25, 0.3) is 0 Å². The maximum Gasteiger partial charge on any atom is 0.412 e. The number of esters is 1. The van der Waals surface area contributed by atoms with E-state index in [4.69, 9.17) is 26.4 Å². The summed E-state index contributed by atoms with van der Waals surface area (Å²) >= 11 is 5.83. The van der Waals surface area contributed by atoms with Gasteiger partial charge in [0.2, 0.25) is 0 Å². The van der Waals surface area contributed by atoms with Gasteiger partial charge in [-0.05, 0) is 79.7 Å². The number of carbonyl (C=O) groups is 2. The third-order valence-corrected chi connectivity index (χ3v) is 5.88. The van der Waals surface area contributed by atoms with Crippen LogP contribution in [0, 0.1) is 5.92 Å². The zero-order chi connectivity index (χ0) is 27.5. The summed E-state index contributed by atoms with van der Waals surface area (Å²) in [6.07, 6.45) is -0.0499. The van der Waals surface area contributed by atoms with Gasteiger partial charge in [-0.2, -0.15) is 0 Å². The first-order valence-electron chi connectivity index (χ1n) is 12.7. The Bertz CT molecular complexity index is 918. The van der Waals surface area contributed by atoms with Crippen molar-refractivity contribution < 1.29 is 23.8 Å². The van der Waals surface area contributed by atoms with E-state index in [9.17, 15) is 9.59 Å². The van der Waals surface area contributed by atoms with Crippen LogP contribution in [0.15, 0.2) is 30.3 Å². The summed E-state index contributed by atoms with van der Waals surface area (Å²) in [6, 6.07) is 8.82. The highest BCUT2D eigenvalue weighted by Crippen LogP contribution is 2.36. The lowest BCUT2D eigenvalue weighted by atomic mass is 9.99. The Kier molecular flexibility index (Phi) is 9.57. The zero-order valence-corrected chi connectivity index (χ0v) is 24.3. The van der Waals surface area contributed by atoms with E-state index in [1.54, 1.807) is 4.90 Å². The van der Waals surface area contributed by atoms with Crippen molar-refractivity contribution in [2.24, 2.45) is 5.92 Å². The van der Waals surface area contributed by atoms with Gasteiger partial charge in [-0.3, -0.25) is 4.90 Å². The maximum absolute atomic E-state index is 13.4. The predicted octanol–water partition coefficient (Wildman–Crippen LogP) is 5.64. The highest BCUT2D eigenvalue weighted by molar-refractivity contribution is 7.80. The van der Waals surface area contributed by atoms with Crippen LogP contribution in [0.4, 0.5) is 4.79 Å². The third-order valence-electron chi connectivity index (χ3n) is 5.53. The van der Waals surface area contributed by atoms with E-state index in [1.807, 2.05) is 99.6 Å². The smallest absolute Gasteiger partial charge is 0.412 e. The number of nitrogens with one attached hydrogen (secondary N) is 1. The molecule has 8 heteroatoms. The van der Waals surface area contributed by atoms with E-state index in [0.29, 0.717) is 17.8 Å². The number of carbonyl (C=O) groups excluding carboxylic acids is 2. The van der Waals surface area contributed by atoms with Crippen LogP contribution in [0.2, 0.25) is 0 Å². The summed E-state index contributed by atoms with van der Waals surface area (Å²) in [7, 11) is 0. The van der Waals surface area contributed by atoms with E-state index in [2.05, 4.69) is 5.32 Å². The Hall–Kier alpha value is -2.19. The van der Waals surface area contributed by atoms with Crippen molar-refractivity contribution in [1.29, 1.82) is 0 Å². The minimum atomic E-state index is -0.975. The Morgan fingerprint density at radius 2 is 1.61 bits per heavy atom. The van der Waals surface area contributed by atoms with Crippen molar-refractivity contribution in [1.82, 2.24) is 10.2 Å². The molecule has 1 aliphatic rings. The van der Waals surface area contributed by atoms with Crippen LogP contribution in [0.1, 0.15) is 81.2 Å². The number of hydrogen-bond donors (Lipinski definition) is 1. The lowest BCUT2D eigenvalue weighted by Gasteiger charge is -2.35. The molecule has 1 aliphatic heterocycles. The van der Waals surface area contributed by atoms with Crippen molar-refractivity contribution in [3.8, 4) is 0 Å². The number of nitrogens with zero attached hydrogens (tertiary/aromatic N) is 1. The van der Waals surface area contributed by atoms with E-state index in [-0.39, 0.29) is 11.9 Å². The number of rotatable bonds is 7. The lowest BCUT2D eigenvalue weighted by molar-refractivity contribution is -0.157. The Morgan fingerprint density at radius 1 is 1.06 bits per heavy atom. The van der Waals surface area contributed by atoms with Gasteiger partial charge >= 0.3 is 12.1 Å². The quantitative estimate of drug-likeness (QED) is 0.368. The van der Waals surface area contributed by atoms with Crippen LogP contribution in [0.25, 0.3) is 0 Å². The van der Waals surface area contributed by atoms with Gasteiger partial charge in [0.05, 0.1) is 6.04 Å². The Labute approximate surface area is 222 Å². The fourth-order valence-electron chi connectivity index (χ4n) is 4.24. The molecule has 3 atom stereocenters. The molecule has 0 aliphatic carbocycles. The first-order valence-corrected chi connectivity index (χ1v) is 13.1. The first kappa shape index (κ1) is 30.0. The molecular weight excluding hydrogens is 476 g/mol. The van der Waals surface area contributed by atoms with Gasteiger partial charge in [-0.25, -0.2) is 9.59 Å². The molecule has 0 bridgehead atoms. The molecule has 36 heavy (non-hydrogen) atoms. The molecule has 1 aromatic carbocycles. The molecule has 0 aromatic heterocycles. The Balaban J connectivity index is 2.39. The molecule has 1 fully saturated rings. The second kappa shape index (κ2) is 11.5. The molecule has 0 unspecified atom stereocenters. The number of benzene rings is 1. The topological polar surface area (TPSA) is 77.1 Å². The molecule has 1 heterocycles. The number of amides is 1. The molecule has 0 radical (unpaired) electrons. The summed E-state index contributed by atoms with van der Waals surface area (Å²) in [5.74, 6) is -0.128. The van der Waals surface area contributed by atoms with Gasteiger partial charge in [0, 0.05) is 0 Å². The monoisotopic (exact) mass is 520 g/mol. The predicted molar refractivity (Wildman–Crippen MR) is 146 cm³/mol. The molecular formula is C28H44N2O5S. The fraction of sp³-hybridized carbons (Fsp3) is 0.679. The van der Waals surface area contributed by atoms with E-state index >= 15 is 0 Å². The summed E-state index contributed by atoms with van der Waals surface area (Å²) in [4.78, 5) is 28.4. The van der Waals surface area contributed by atoms with Gasteiger partial charge in [0.15, 0.2) is 0 Å². The highest BCUT2D eigenvalue weighted by atomic mass is 32.1. The van der Waals surface area contributed by atoms with Crippen LogP contribution in [0.5, 0.6) is 0 Å². The van der Waals surface area contributed by atoms with Gasteiger partial charge in [-0.15, -0.1) is 0 Å². The average Bonchev–Trinajstić information content (AvgIpc) is 2.95. The number of ether oxygens (including phenoxy) is 3. The minimum absolute atomic E-state index is 0.233. The van der Waals surface area contributed by atoms with E-state index in [0.717, 1.165) is 5.56 Å². The summed E-state index contributed by atoms with van der Waals surface area (Å²) in [5, 5.41) is 3.23. The van der Waals surface area contributed by atoms with Crippen molar-refractivity contribution in [3.05, 3.63) is 35.9 Å². The van der Waals surface area contributed by atoms with Crippen molar-refractivity contribution in [2.75, 3.05) is 0 Å². The average molecular weight is 521 g/mol. The maximum atomic E-state index is 13.4. The van der Waals surface area contributed by atoms with E-state index < -0.39 is 41.2 Å². The molecule has 1 aromatic rings.